The van der Waals surface area contributed by atoms with Crippen LogP contribution >= 0.6 is 23.2 Å². The largest absolute Gasteiger partial charge is 0.478 e. The Bertz CT molecular complexity index is 917. The van der Waals surface area contributed by atoms with Crippen LogP contribution in [-0.2, 0) is 0 Å². The summed E-state index contributed by atoms with van der Waals surface area (Å²) in [5, 5.41) is 15.9. The number of nitrogens with one attached hydrogen (secondary N) is 2. The molecule has 25 heavy (non-hydrogen) atoms. The molecule has 6 nitrogen and oxygen atoms in total. The zero-order chi connectivity index (χ0) is 17.8. The van der Waals surface area contributed by atoms with Gasteiger partial charge in [-0.1, -0.05) is 23.2 Å². The molecule has 0 spiro atoms. The van der Waals surface area contributed by atoms with E-state index in [1.807, 2.05) is 0 Å². The van der Waals surface area contributed by atoms with E-state index in [0.717, 1.165) is 0 Å². The van der Waals surface area contributed by atoms with Crippen molar-refractivity contribution in [1.82, 2.24) is 9.97 Å². The maximum Gasteiger partial charge on any atom is 0.335 e. The van der Waals surface area contributed by atoms with Crippen molar-refractivity contribution < 1.29 is 9.90 Å². The molecule has 0 unspecified atom stereocenters. The minimum atomic E-state index is -0.971. The van der Waals surface area contributed by atoms with Gasteiger partial charge in [-0.05, 0) is 48.5 Å². The fourth-order valence-corrected chi connectivity index (χ4v) is 2.33. The molecule has 0 saturated heterocycles. The molecule has 0 fully saturated rings. The molecule has 0 aliphatic carbocycles. The minimum absolute atomic E-state index is 0.218. The van der Waals surface area contributed by atoms with Crippen molar-refractivity contribution >= 4 is 52.3 Å². The Morgan fingerprint density at radius 1 is 0.920 bits per heavy atom. The fraction of sp³-hybridized carbons (Fsp3) is 0. The van der Waals surface area contributed by atoms with Crippen molar-refractivity contribution in [2.75, 3.05) is 10.6 Å². The summed E-state index contributed by atoms with van der Waals surface area (Å²) in [4.78, 5) is 19.4. The van der Waals surface area contributed by atoms with Crippen molar-refractivity contribution in [2.45, 2.75) is 0 Å². The van der Waals surface area contributed by atoms with E-state index in [9.17, 15) is 4.79 Å². The molecular weight excluding hydrogens is 363 g/mol. The summed E-state index contributed by atoms with van der Waals surface area (Å²) >= 11 is 11.9. The van der Waals surface area contributed by atoms with Crippen LogP contribution in [0.1, 0.15) is 10.4 Å². The molecule has 3 aromatic rings. The first-order chi connectivity index (χ1) is 12.0. The van der Waals surface area contributed by atoms with E-state index in [4.69, 9.17) is 28.3 Å². The molecule has 126 valence electrons. The van der Waals surface area contributed by atoms with Gasteiger partial charge in [0.15, 0.2) is 0 Å². The number of hydrogen-bond donors (Lipinski definition) is 3. The summed E-state index contributed by atoms with van der Waals surface area (Å²) in [5.41, 5.74) is 1.64. The molecule has 0 atom stereocenters. The monoisotopic (exact) mass is 374 g/mol. The van der Waals surface area contributed by atoms with E-state index >= 15 is 0 Å². The summed E-state index contributed by atoms with van der Waals surface area (Å²) in [5.74, 6) is -0.0344. The van der Waals surface area contributed by atoms with Crippen molar-refractivity contribution in [3.63, 3.8) is 0 Å². The molecule has 0 saturated carbocycles. The highest BCUT2D eigenvalue weighted by Crippen LogP contribution is 2.26. The quantitative estimate of drug-likeness (QED) is 0.584. The number of anilines is 4. The van der Waals surface area contributed by atoms with Gasteiger partial charge in [-0.25, -0.2) is 9.78 Å². The molecule has 3 rings (SSSR count). The van der Waals surface area contributed by atoms with Crippen LogP contribution in [0.4, 0.5) is 23.1 Å². The molecule has 0 aliphatic heterocycles. The summed E-state index contributed by atoms with van der Waals surface area (Å²) in [6, 6.07) is 13.2. The minimum Gasteiger partial charge on any atom is -0.478 e. The van der Waals surface area contributed by atoms with Gasteiger partial charge >= 0.3 is 5.97 Å². The molecule has 2 aromatic carbocycles. The van der Waals surface area contributed by atoms with Gasteiger partial charge in [0, 0.05) is 17.6 Å². The number of aromatic carboxylic acids is 1. The number of halogens is 2. The van der Waals surface area contributed by atoms with Crippen molar-refractivity contribution in [2.24, 2.45) is 0 Å². The number of carbonyl (C=O) groups is 1. The van der Waals surface area contributed by atoms with Crippen molar-refractivity contribution in [3.05, 3.63) is 70.3 Å². The van der Waals surface area contributed by atoms with Gasteiger partial charge in [0.25, 0.3) is 0 Å². The van der Waals surface area contributed by atoms with E-state index in [-0.39, 0.29) is 5.56 Å². The van der Waals surface area contributed by atoms with Gasteiger partial charge < -0.3 is 15.7 Å². The van der Waals surface area contributed by atoms with Crippen LogP contribution in [0.2, 0.25) is 10.0 Å². The lowest BCUT2D eigenvalue weighted by atomic mass is 10.2. The zero-order valence-corrected chi connectivity index (χ0v) is 14.2. The predicted octanol–water partition coefficient (Wildman–Crippen LogP) is 4.97. The summed E-state index contributed by atoms with van der Waals surface area (Å²) < 4.78 is 0. The zero-order valence-electron chi connectivity index (χ0n) is 12.7. The maximum atomic E-state index is 10.9. The van der Waals surface area contributed by atoms with Crippen LogP contribution in [-0.4, -0.2) is 21.0 Å². The standard InChI is InChI=1S/C17H12Cl2N4O2/c18-13-6-5-12(9-14(13)19)22-17-20-8-7-15(23-17)21-11-3-1-10(2-4-11)16(24)25/h1-9H,(H,24,25)(H2,20,21,22,23). The number of hydrogen-bond acceptors (Lipinski definition) is 5. The van der Waals surface area contributed by atoms with Gasteiger partial charge in [0.05, 0.1) is 15.6 Å². The van der Waals surface area contributed by atoms with Gasteiger partial charge in [-0.3, -0.25) is 0 Å². The Morgan fingerprint density at radius 2 is 1.64 bits per heavy atom. The summed E-state index contributed by atoms with van der Waals surface area (Å²) in [6.07, 6.45) is 1.60. The number of nitrogens with zero attached hydrogens (tertiary/aromatic N) is 2. The first-order valence-corrected chi connectivity index (χ1v) is 7.92. The highest BCUT2D eigenvalue weighted by Gasteiger charge is 2.05. The van der Waals surface area contributed by atoms with Gasteiger partial charge in [-0.15, -0.1) is 0 Å². The Labute approximate surface area is 153 Å². The predicted molar refractivity (Wildman–Crippen MR) is 98.5 cm³/mol. The van der Waals surface area contributed by atoms with Gasteiger partial charge in [0.1, 0.15) is 5.82 Å². The highest BCUT2D eigenvalue weighted by atomic mass is 35.5. The second-order valence-electron chi connectivity index (χ2n) is 5.03. The van der Waals surface area contributed by atoms with E-state index in [1.165, 1.54) is 12.1 Å². The highest BCUT2D eigenvalue weighted by molar-refractivity contribution is 6.42. The molecule has 0 aliphatic rings. The number of carboxylic acid groups (broad SMARTS) is 1. The van der Waals surface area contributed by atoms with Gasteiger partial charge in [-0.2, -0.15) is 4.98 Å². The van der Waals surface area contributed by atoms with Crippen LogP contribution in [0, 0.1) is 0 Å². The number of benzene rings is 2. The Kier molecular flexibility index (Phi) is 5.02. The van der Waals surface area contributed by atoms with E-state index in [1.54, 1.807) is 42.6 Å². The number of rotatable bonds is 5. The van der Waals surface area contributed by atoms with Crippen LogP contribution in [0.5, 0.6) is 0 Å². The lowest BCUT2D eigenvalue weighted by Crippen LogP contribution is -2.01. The third-order valence-electron chi connectivity index (χ3n) is 3.24. The Hall–Kier alpha value is -2.83. The number of aromatic nitrogens is 2. The van der Waals surface area contributed by atoms with Crippen LogP contribution in [0.25, 0.3) is 0 Å². The average Bonchev–Trinajstić information content (AvgIpc) is 2.59. The number of carboxylic acids is 1. The molecule has 0 amide bonds. The second-order valence-corrected chi connectivity index (χ2v) is 5.84. The van der Waals surface area contributed by atoms with Gasteiger partial charge in [0.2, 0.25) is 5.95 Å². The third kappa shape index (κ3) is 4.37. The van der Waals surface area contributed by atoms with Crippen molar-refractivity contribution in [1.29, 1.82) is 0 Å². The second kappa shape index (κ2) is 7.38. The smallest absolute Gasteiger partial charge is 0.335 e. The van der Waals surface area contributed by atoms with E-state index in [2.05, 4.69) is 20.6 Å². The van der Waals surface area contributed by atoms with Crippen LogP contribution in [0.15, 0.2) is 54.7 Å². The molecular formula is C17H12Cl2N4O2. The summed E-state index contributed by atoms with van der Waals surface area (Å²) in [6.45, 7) is 0. The van der Waals surface area contributed by atoms with Crippen LogP contribution in [0.3, 0.4) is 0 Å². The SMILES string of the molecule is O=C(O)c1ccc(Nc2ccnc(Nc3ccc(Cl)c(Cl)c3)n2)cc1. The van der Waals surface area contributed by atoms with Crippen LogP contribution < -0.4 is 10.6 Å². The third-order valence-corrected chi connectivity index (χ3v) is 3.97. The van der Waals surface area contributed by atoms with E-state index < -0.39 is 5.97 Å². The molecule has 8 heteroatoms. The molecule has 0 bridgehead atoms. The first kappa shape index (κ1) is 17.0. The van der Waals surface area contributed by atoms with Crippen molar-refractivity contribution in [3.8, 4) is 0 Å². The molecule has 0 radical (unpaired) electrons. The first-order valence-electron chi connectivity index (χ1n) is 7.17. The van der Waals surface area contributed by atoms with E-state index in [0.29, 0.717) is 33.2 Å². The topological polar surface area (TPSA) is 87.1 Å². The average molecular weight is 375 g/mol. The lowest BCUT2D eigenvalue weighted by Gasteiger charge is -2.09. The lowest BCUT2D eigenvalue weighted by molar-refractivity contribution is 0.0697. The Balaban J connectivity index is 1.74. The molecule has 1 heterocycles. The molecule has 1 aromatic heterocycles. The fourth-order valence-electron chi connectivity index (χ4n) is 2.04. The summed E-state index contributed by atoms with van der Waals surface area (Å²) in [7, 11) is 0. The molecule has 3 N–H and O–H groups in total. The maximum absolute atomic E-state index is 10.9. The normalized spacial score (nSPS) is 10.3. The Morgan fingerprint density at radius 3 is 2.32 bits per heavy atom.